The van der Waals surface area contributed by atoms with E-state index < -0.39 is 0 Å². The number of fused-ring (bicyclic) bond motifs is 1. The Morgan fingerprint density at radius 3 is 2.56 bits per heavy atom. The van der Waals surface area contributed by atoms with E-state index in [1.54, 1.807) is 11.8 Å². The van der Waals surface area contributed by atoms with Crippen LogP contribution in [-0.4, -0.2) is 28.6 Å². The van der Waals surface area contributed by atoms with Gasteiger partial charge in [-0.05, 0) is 74.0 Å². The molecule has 1 saturated carbocycles. The molecule has 0 atom stereocenters. The lowest BCUT2D eigenvalue weighted by Crippen LogP contribution is -2.40. The molecular weight excluding hydrogens is 526 g/mol. The molecule has 2 aromatic rings. The van der Waals surface area contributed by atoms with E-state index in [1.165, 1.54) is 18.2 Å². The highest BCUT2D eigenvalue weighted by Crippen LogP contribution is 2.52. The minimum absolute atomic E-state index is 0.0811. The van der Waals surface area contributed by atoms with E-state index >= 15 is 0 Å². The molecule has 2 heterocycles. The molecule has 0 radical (unpaired) electrons. The topological polar surface area (TPSA) is 35.9 Å². The van der Waals surface area contributed by atoms with Crippen molar-refractivity contribution in [3.05, 3.63) is 61.9 Å². The highest BCUT2D eigenvalue weighted by Gasteiger charge is 2.42. The summed E-state index contributed by atoms with van der Waals surface area (Å²) in [5.41, 5.74) is 1.93. The van der Waals surface area contributed by atoms with E-state index in [0.717, 1.165) is 68.1 Å². The summed E-state index contributed by atoms with van der Waals surface area (Å²) in [6, 6.07) is 14.1. The molecule has 3 aliphatic rings. The van der Waals surface area contributed by atoms with Crippen LogP contribution >= 0.6 is 51.1 Å². The van der Waals surface area contributed by atoms with Gasteiger partial charge in [0.05, 0.1) is 11.4 Å². The molecule has 2 aliphatic heterocycles. The second-order valence-electron chi connectivity index (χ2n) is 8.03. The molecule has 32 heavy (non-hydrogen) atoms. The zero-order chi connectivity index (χ0) is 22.2. The molecule has 0 spiro atoms. The molecule has 0 bridgehead atoms. The van der Waals surface area contributed by atoms with E-state index in [2.05, 4.69) is 27.8 Å². The molecule has 1 aliphatic carbocycles. The van der Waals surface area contributed by atoms with Gasteiger partial charge in [0.2, 0.25) is 0 Å². The van der Waals surface area contributed by atoms with Gasteiger partial charge in [-0.25, -0.2) is 4.99 Å². The first kappa shape index (κ1) is 22.4. The van der Waals surface area contributed by atoms with Crippen molar-refractivity contribution >= 4 is 73.5 Å². The number of nitrogens with zero attached hydrogens (tertiary/aromatic N) is 3. The molecule has 2 fully saturated rings. The number of aliphatic imine (C=N–C) groups is 1. The predicted octanol–water partition coefficient (Wildman–Crippen LogP) is 7.80. The minimum Gasteiger partial charge on any atom is -0.334 e. The fourth-order valence-corrected chi connectivity index (χ4v) is 7.28. The van der Waals surface area contributed by atoms with E-state index in [0.29, 0.717) is 5.02 Å². The Bertz CT molecular complexity index is 1110. The highest BCUT2D eigenvalue weighted by molar-refractivity contribution is 9.10. The van der Waals surface area contributed by atoms with Gasteiger partial charge in [0.15, 0.2) is 5.17 Å². The van der Waals surface area contributed by atoms with Crippen molar-refractivity contribution in [1.82, 2.24) is 4.90 Å². The molecule has 0 unspecified atom stereocenters. The SMILES string of the molecule is CCN1/C(=C2/SC(=Nc3ccc(Br)cc3)N(C3CCCCC3)C2=O)Sc2ccc(Cl)cc21. The van der Waals surface area contributed by atoms with Crippen LogP contribution in [0.5, 0.6) is 0 Å². The Morgan fingerprint density at radius 2 is 1.84 bits per heavy atom. The number of halogens is 2. The van der Waals surface area contributed by atoms with Crippen LogP contribution in [0.2, 0.25) is 5.02 Å². The standard InChI is InChI=1S/C24H23BrClN3OS2/c1-2-28-19-14-16(26)10-13-20(19)31-23(28)21-22(30)29(18-6-4-3-5-7-18)24(32-21)27-17-11-8-15(25)9-12-17/h8-14,18H,2-7H2,1H3/b23-21-,27-24?. The number of carbonyl (C=O) groups is 1. The average molecular weight is 549 g/mol. The first-order valence-electron chi connectivity index (χ1n) is 10.9. The fourth-order valence-electron chi connectivity index (χ4n) is 4.42. The van der Waals surface area contributed by atoms with Crippen molar-refractivity contribution in [3.8, 4) is 0 Å². The van der Waals surface area contributed by atoms with E-state index in [1.807, 2.05) is 47.4 Å². The third-order valence-corrected chi connectivity index (χ3v) is 9.10. The predicted molar refractivity (Wildman–Crippen MR) is 140 cm³/mol. The number of amidine groups is 1. The maximum atomic E-state index is 13.8. The minimum atomic E-state index is 0.0811. The Kier molecular flexibility index (Phi) is 6.61. The van der Waals surface area contributed by atoms with Crippen LogP contribution in [-0.2, 0) is 4.79 Å². The quantitative estimate of drug-likeness (QED) is 0.367. The summed E-state index contributed by atoms with van der Waals surface area (Å²) in [6.45, 7) is 2.88. The second kappa shape index (κ2) is 9.45. The van der Waals surface area contributed by atoms with Crippen LogP contribution in [0, 0.1) is 0 Å². The van der Waals surface area contributed by atoms with Gasteiger partial charge in [-0.3, -0.25) is 9.69 Å². The van der Waals surface area contributed by atoms with Crippen LogP contribution < -0.4 is 4.90 Å². The van der Waals surface area contributed by atoms with Gasteiger partial charge in [-0.1, -0.05) is 58.6 Å². The molecule has 0 aromatic heterocycles. The monoisotopic (exact) mass is 547 g/mol. The lowest BCUT2D eigenvalue weighted by molar-refractivity contribution is -0.124. The number of benzene rings is 2. The number of rotatable bonds is 3. The molecule has 2 aromatic carbocycles. The number of hydrogen-bond donors (Lipinski definition) is 0. The lowest BCUT2D eigenvalue weighted by atomic mass is 9.94. The van der Waals surface area contributed by atoms with Gasteiger partial charge in [-0.2, -0.15) is 0 Å². The van der Waals surface area contributed by atoms with Crippen LogP contribution in [0.25, 0.3) is 0 Å². The van der Waals surface area contributed by atoms with Gasteiger partial charge in [-0.15, -0.1) is 0 Å². The maximum Gasteiger partial charge on any atom is 0.269 e. The zero-order valence-corrected chi connectivity index (χ0v) is 21.7. The maximum absolute atomic E-state index is 13.8. The number of amides is 1. The Morgan fingerprint density at radius 1 is 1.09 bits per heavy atom. The zero-order valence-electron chi connectivity index (χ0n) is 17.7. The van der Waals surface area contributed by atoms with Crippen molar-refractivity contribution in [2.75, 3.05) is 11.4 Å². The van der Waals surface area contributed by atoms with E-state index in [-0.39, 0.29) is 11.9 Å². The van der Waals surface area contributed by atoms with Gasteiger partial charge < -0.3 is 4.90 Å². The lowest BCUT2D eigenvalue weighted by Gasteiger charge is -2.30. The van der Waals surface area contributed by atoms with Crippen LogP contribution in [0.3, 0.4) is 0 Å². The van der Waals surface area contributed by atoms with Crippen LogP contribution in [0.15, 0.2) is 66.8 Å². The molecule has 8 heteroatoms. The third kappa shape index (κ3) is 4.25. The first-order valence-corrected chi connectivity index (χ1v) is 13.7. The van der Waals surface area contributed by atoms with Crippen molar-refractivity contribution < 1.29 is 4.79 Å². The summed E-state index contributed by atoms with van der Waals surface area (Å²) < 4.78 is 1.01. The van der Waals surface area contributed by atoms with Gasteiger partial charge >= 0.3 is 0 Å². The van der Waals surface area contributed by atoms with E-state index in [9.17, 15) is 4.79 Å². The number of carbonyl (C=O) groups excluding carboxylic acids is 1. The molecule has 4 nitrogen and oxygen atoms in total. The summed E-state index contributed by atoms with van der Waals surface area (Å²) in [4.78, 5) is 24.8. The summed E-state index contributed by atoms with van der Waals surface area (Å²) >= 11 is 12.9. The second-order valence-corrected chi connectivity index (χ2v) is 11.4. The fraction of sp³-hybridized carbons (Fsp3) is 0.333. The van der Waals surface area contributed by atoms with Gasteiger partial charge in [0.25, 0.3) is 5.91 Å². The van der Waals surface area contributed by atoms with Crippen molar-refractivity contribution in [1.29, 1.82) is 0 Å². The Labute approximate surface area is 210 Å². The molecule has 5 rings (SSSR count). The number of hydrogen-bond acceptors (Lipinski definition) is 5. The van der Waals surface area contributed by atoms with E-state index in [4.69, 9.17) is 16.6 Å². The Hall–Kier alpha value is -1.41. The van der Waals surface area contributed by atoms with Crippen molar-refractivity contribution in [2.24, 2.45) is 4.99 Å². The normalized spacial score (nSPS) is 22.8. The summed E-state index contributed by atoms with van der Waals surface area (Å²) in [6.07, 6.45) is 5.64. The largest absolute Gasteiger partial charge is 0.334 e. The summed E-state index contributed by atoms with van der Waals surface area (Å²) in [5, 5.41) is 2.49. The molecule has 0 N–H and O–H groups in total. The van der Waals surface area contributed by atoms with Crippen molar-refractivity contribution in [3.63, 3.8) is 0 Å². The van der Waals surface area contributed by atoms with Gasteiger partial charge in [0.1, 0.15) is 9.93 Å². The average Bonchev–Trinajstić information content (AvgIpc) is 3.32. The first-order chi connectivity index (χ1) is 15.5. The molecule has 1 saturated heterocycles. The Balaban J connectivity index is 1.57. The molecular formula is C24H23BrClN3OS2. The summed E-state index contributed by atoms with van der Waals surface area (Å²) in [5.74, 6) is 0.0811. The third-order valence-electron chi connectivity index (χ3n) is 5.98. The van der Waals surface area contributed by atoms with Crippen molar-refractivity contribution in [2.45, 2.75) is 50.0 Å². The smallest absolute Gasteiger partial charge is 0.269 e. The summed E-state index contributed by atoms with van der Waals surface area (Å²) in [7, 11) is 0. The number of anilines is 1. The van der Waals surface area contributed by atoms with Gasteiger partial charge in [0, 0.05) is 27.0 Å². The molecule has 1 amide bonds. The highest BCUT2D eigenvalue weighted by atomic mass is 79.9. The van der Waals surface area contributed by atoms with Crippen LogP contribution in [0.1, 0.15) is 39.0 Å². The van der Waals surface area contributed by atoms with Crippen LogP contribution in [0.4, 0.5) is 11.4 Å². The number of thioether (sulfide) groups is 2. The molecule has 166 valence electrons.